The van der Waals surface area contributed by atoms with Crippen molar-refractivity contribution in [3.8, 4) is 0 Å². The molecule has 1 heterocycles. The molecule has 3 aromatic rings. The van der Waals surface area contributed by atoms with Gasteiger partial charge in [-0.05, 0) is 30.3 Å². The minimum atomic E-state index is -0.161. The summed E-state index contributed by atoms with van der Waals surface area (Å²) < 4.78 is 1.97. The van der Waals surface area contributed by atoms with Gasteiger partial charge in [0.15, 0.2) is 5.16 Å². The van der Waals surface area contributed by atoms with Crippen molar-refractivity contribution in [2.45, 2.75) is 5.16 Å². The Morgan fingerprint density at radius 3 is 2.83 bits per heavy atom. The van der Waals surface area contributed by atoms with Gasteiger partial charge in [-0.25, -0.2) is 4.98 Å². The molecule has 0 saturated carbocycles. The first-order valence-electron chi connectivity index (χ1n) is 6.84. The van der Waals surface area contributed by atoms with E-state index in [1.54, 1.807) is 18.2 Å². The van der Waals surface area contributed by atoms with Crippen LogP contribution in [0.5, 0.6) is 0 Å². The predicted octanol–water partition coefficient (Wildman–Crippen LogP) is 4.61. The zero-order valence-electron chi connectivity index (χ0n) is 12.2. The number of halogens is 2. The number of hydrogen-bond acceptors (Lipinski definition) is 3. The van der Waals surface area contributed by atoms with E-state index in [1.165, 1.54) is 11.8 Å². The third-order valence-corrected chi connectivity index (χ3v) is 4.88. The molecule has 0 bridgehead atoms. The van der Waals surface area contributed by atoms with E-state index in [-0.39, 0.29) is 11.7 Å². The maximum absolute atomic E-state index is 12.1. The first-order valence-corrected chi connectivity index (χ1v) is 8.58. The number of benzene rings is 2. The highest BCUT2D eigenvalue weighted by Crippen LogP contribution is 2.26. The summed E-state index contributed by atoms with van der Waals surface area (Å²) in [6.07, 6.45) is 0. The van der Waals surface area contributed by atoms with Gasteiger partial charge < -0.3 is 9.88 Å². The van der Waals surface area contributed by atoms with Crippen molar-refractivity contribution in [2.24, 2.45) is 7.05 Å². The van der Waals surface area contributed by atoms with Crippen LogP contribution in [0.15, 0.2) is 47.6 Å². The van der Waals surface area contributed by atoms with Gasteiger partial charge in [0, 0.05) is 12.1 Å². The van der Waals surface area contributed by atoms with Crippen LogP contribution in [0, 0.1) is 0 Å². The van der Waals surface area contributed by atoms with Crippen LogP contribution in [0.4, 0.5) is 5.69 Å². The lowest BCUT2D eigenvalue weighted by Crippen LogP contribution is -2.14. The van der Waals surface area contributed by atoms with Crippen molar-refractivity contribution in [3.63, 3.8) is 0 Å². The van der Waals surface area contributed by atoms with E-state index in [9.17, 15) is 4.79 Å². The Morgan fingerprint density at radius 1 is 1.26 bits per heavy atom. The molecule has 1 aromatic heterocycles. The Hall–Kier alpha value is -1.69. The number of aryl methyl sites for hydroxylation is 1. The molecule has 0 fully saturated rings. The molecule has 0 aliphatic rings. The predicted molar refractivity (Wildman–Crippen MR) is 96.5 cm³/mol. The topological polar surface area (TPSA) is 46.9 Å². The van der Waals surface area contributed by atoms with E-state index in [2.05, 4.69) is 10.3 Å². The van der Waals surface area contributed by atoms with Crippen molar-refractivity contribution >= 4 is 57.6 Å². The minimum absolute atomic E-state index is 0.161. The van der Waals surface area contributed by atoms with Crippen molar-refractivity contribution in [1.29, 1.82) is 0 Å². The lowest BCUT2D eigenvalue weighted by Gasteiger charge is -2.07. The summed E-state index contributed by atoms with van der Waals surface area (Å²) in [7, 11) is 1.93. The Kier molecular flexibility index (Phi) is 4.80. The molecule has 23 heavy (non-hydrogen) atoms. The second-order valence-corrected chi connectivity index (χ2v) is 6.69. The van der Waals surface area contributed by atoms with Crippen molar-refractivity contribution in [3.05, 3.63) is 52.5 Å². The van der Waals surface area contributed by atoms with Crippen LogP contribution in [0.3, 0.4) is 0 Å². The molecule has 7 heteroatoms. The number of carbonyl (C=O) groups excluding carboxylic acids is 1. The third kappa shape index (κ3) is 3.63. The third-order valence-electron chi connectivity index (χ3n) is 3.28. The van der Waals surface area contributed by atoms with Crippen molar-refractivity contribution < 1.29 is 4.79 Å². The SMILES string of the molecule is Cn1c(SCC(=O)Nc2cc(Cl)ccc2Cl)nc2ccccc21. The van der Waals surface area contributed by atoms with Crippen LogP contribution in [-0.2, 0) is 11.8 Å². The number of imidazole rings is 1. The Labute approximate surface area is 147 Å². The molecule has 0 radical (unpaired) electrons. The Balaban J connectivity index is 1.68. The van der Waals surface area contributed by atoms with Gasteiger partial charge in [0.2, 0.25) is 5.91 Å². The molecule has 1 amide bonds. The molecule has 1 N–H and O–H groups in total. The van der Waals surface area contributed by atoms with E-state index in [1.807, 2.05) is 35.9 Å². The quantitative estimate of drug-likeness (QED) is 0.686. The average Bonchev–Trinajstić information content (AvgIpc) is 2.86. The second kappa shape index (κ2) is 6.83. The molecule has 0 unspecified atom stereocenters. The number of hydrogen-bond donors (Lipinski definition) is 1. The Bertz CT molecular complexity index is 879. The number of amides is 1. The summed E-state index contributed by atoms with van der Waals surface area (Å²) in [6.45, 7) is 0. The fourth-order valence-corrected chi connectivity index (χ4v) is 3.29. The monoisotopic (exact) mass is 365 g/mol. The fourth-order valence-electron chi connectivity index (χ4n) is 2.16. The number of rotatable bonds is 4. The molecule has 0 atom stereocenters. The molecule has 0 saturated heterocycles. The fraction of sp³-hybridized carbons (Fsp3) is 0.125. The van der Waals surface area contributed by atoms with Crippen LogP contribution in [0.2, 0.25) is 10.0 Å². The first-order chi connectivity index (χ1) is 11.0. The second-order valence-electron chi connectivity index (χ2n) is 4.90. The number of thioether (sulfide) groups is 1. The summed E-state index contributed by atoms with van der Waals surface area (Å²) in [4.78, 5) is 16.6. The van der Waals surface area contributed by atoms with Crippen LogP contribution >= 0.6 is 35.0 Å². The lowest BCUT2D eigenvalue weighted by molar-refractivity contribution is -0.113. The normalized spacial score (nSPS) is 10.9. The van der Waals surface area contributed by atoms with E-state index < -0.39 is 0 Å². The molecule has 0 aliphatic heterocycles. The number of para-hydroxylation sites is 2. The highest BCUT2D eigenvalue weighted by Gasteiger charge is 2.11. The number of nitrogens with one attached hydrogen (secondary N) is 1. The Morgan fingerprint density at radius 2 is 2.04 bits per heavy atom. The highest BCUT2D eigenvalue weighted by molar-refractivity contribution is 7.99. The average molecular weight is 366 g/mol. The zero-order valence-corrected chi connectivity index (χ0v) is 14.5. The standard InChI is InChI=1S/C16H13Cl2N3OS/c1-21-14-5-3-2-4-12(14)20-16(21)23-9-15(22)19-13-8-10(17)6-7-11(13)18/h2-8H,9H2,1H3,(H,19,22). The van der Waals surface area contributed by atoms with E-state index in [0.29, 0.717) is 15.7 Å². The van der Waals surface area contributed by atoms with Crippen molar-refractivity contribution in [1.82, 2.24) is 9.55 Å². The van der Waals surface area contributed by atoms with E-state index >= 15 is 0 Å². The number of aromatic nitrogens is 2. The maximum Gasteiger partial charge on any atom is 0.234 e. The maximum atomic E-state index is 12.1. The van der Waals surface area contributed by atoms with Gasteiger partial charge in [-0.3, -0.25) is 4.79 Å². The van der Waals surface area contributed by atoms with E-state index in [4.69, 9.17) is 23.2 Å². The van der Waals surface area contributed by atoms with Gasteiger partial charge in [0.05, 0.1) is 27.5 Å². The molecular weight excluding hydrogens is 353 g/mol. The van der Waals surface area contributed by atoms with Crippen LogP contribution in [0.25, 0.3) is 11.0 Å². The molecule has 0 aliphatic carbocycles. The molecule has 118 valence electrons. The van der Waals surface area contributed by atoms with Gasteiger partial charge in [0.1, 0.15) is 0 Å². The number of nitrogens with zero attached hydrogens (tertiary/aromatic N) is 2. The first kappa shape index (κ1) is 16.2. The largest absolute Gasteiger partial charge is 0.324 e. The number of fused-ring (bicyclic) bond motifs is 1. The molecule has 0 spiro atoms. The van der Waals surface area contributed by atoms with Crippen LogP contribution in [-0.4, -0.2) is 21.2 Å². The van der Waals surface area contributed by atoms with Gasteiger partial charge in [-0.15, -0.1) is 0 Å². The molecule has 3 rings (SSSR count). The summed E-state index contributed by atoms with van der Waals surface area (Å²) in [6, 6.07) is 12.8. The summed E-state index contributed by atoms with van der Waals surface area (Å²) >= 11 is 13.3. The van der Waals surface area contributed by atoms with Gasteiger partial charge >= 0.3 is 0 Å². The van der Waals surface area contributed by atoms with E-state index in [0.717, 1.165) is 16.2 Å². The van der Waals surface area contributed by atoms with Gasteiger partial charge in [0.25, 0.3) is 0 Å². The minimum Gasteiger partial charge on any atom is -0.324 e. The van der Waals surface area contributed by atoms with Crippen molar-refractivity contribution in [2.75, 3.05) is 11.1 Å². The zero-order chi connectivity index (χ0) is 16.4. The molecular formula is C16H13Cl2N3OS. The molecule has 4 nitrogen and oxygen atoms in total. The highest BCUT2D eigenvalue weighted by atomic mass is 35.5. The summed E-state index contributed by atoms with van der Waals surface area (Å²) in [5.74, 6) is 0.0752. The number of carbonyl (C=O) groups is 1. The summed E-state index contributed by atoms with van der Waals surface area (Å²) in [5, 5.41) is 4.53. The molecule has 2 aromatic carbocycles. The smallest absolute Gasteiger partial charge is 0.234 e. The lowest BCUT2D eigenvalue weighted by atomic mass is 10.3. The van der Waals surface area contributed by atoms with Crippen LogP contribution in [0.1, 0.15) is 0 Å². The van der Waals surface area contributed by atoms with Gasteiger partial charge in [-0.1, -0.05) is 47.1 Å². The summed E-state index contributed by atoms with van der Waals surface area (Å²) in [5.41, 5.74) is 2.46. The number of anilines is 1. The van der Waals surface area contributed by atoms with Crippen LogP contribution < -0.4 is 5.32 Å². The van der Waals surface area contributed by atoms with Gasteiger partial charge in [-0.2, -0.15) is 0 Å².